The van der Waals surface area contributed by atoms with Crippen molar-refractivity contribution in [2.45, 2.75) is 19.5 Å². The van der Waals surface area contributed by atoms with E-state index in [1.165, 1.54) is 24.3 Å². The predicted molar refractivity (Wildman–Crippen MR) is 63.6 cm³/mol. The Morgan fingerprint density at radius 2 is 1.89 bits per heavy atom. The van der Waals surface area contributed by atoms with Crippen molar-refractivity contribution in [3.63, 3.8) is 0 Å². The molecule has 0 saturated carbocycles. The number of carbonyl (C=O) groups excluding carboxylic acids is 1. The summed E-state index contributed by atoms with van der Waals surface area (Å²) >= 11 is 0. The summed E-state index contributed by atoms with van der Waals surface area (Å²) in [5, 5.41) is 0.557. The second-order valence-corrected chi connectivity index (χ2v) is 4.02. The van der Waals surface area contributed by atoms with Gasteiger partial charge in [-0.1, -0.05) is 31.2 Å². The quantitative estimate of drug-likeness (QED) is 0.721. The summed E-state index contributed by atoms with van der Waals surface area (Å²) < 4.78 is 38.3. The highest BCUT2D eigenvalue weighted by Crippen LogP contribution is 2.34. The first kappa shape index (κ1) is 12.6. The fourth-order valence-corrected chi connectivity index (χ4v) is 1.91. The number of fused-ring (bicyclic) bond motifs is 1. The van der Waals surface area contributed by atoms with Crippen molar-refractivity contribution < 1.29 is 18.0 Å². The van der Waals surface area contributed by atoms with E-state index in [2.05, 4.69) is 0 Å². The Bertz CT molecular complexity index is 600. The number of hydrogen-bond donors (Lipinski definition) is 0. The maximum Gasteiger partial charge on any atom is 0.417 e. The molecule has 0 fully saturated rings. The lowest BCUT2D eigenvalue weighted by atomic mass is 9.99. The topological polar surface area (TPSA) is 17.1 Å². The van der Waals surface area contributed by atoms with Gasteiger partial charge < -0.3 is 0 Å². The predicted octanol–water partition coefficient (Wildman–Crippen LogP) is 4.45. The number of rotatable bonds is 2. The summed E-state index contributed by atoms with van der Waals surface area (Å²) in [6.45, 7) is 1.72. The van der Waals surface area contributed by atoms with Crippen LogP contribution in [0.4, 0.5) is 13.2 Å². The average molecular weight is 252 g/mol. The molecule has 0 aliphatic carbocycles. The van der Waals surface area contributed by atoms with Crippen LogP contribution >= 0.6 is 0 Å². The molecule has 94 valence electrons. The molecule has 0 spiro atoms. The Morgan fingerprint density at radius 3 is 2.50 bits per heavy atom. The Hall–Kier alpha value is -1.84. The van der Waals surface area contributed by atoms with Gasteiger partial charge >= 0.3 is 6.18 Å². The van der Waals surface area contributed by atoms with Crippen molar-refractivity contribution >= 4 is 16.6 Å². The van der Waals surface area contributed by atoms with Gasteiger partial charge in [0.1, 0.15) is 0 Å². The SMILES string of the molecule is CCC(=O)c1ccc2c(C(F)(F)F)cccc2c1. The summed E-state index contributed by atoms with van der Waals surface area (Å²) in [6.07, 6.45) is -4.04. The molecular weight excluding hydrogens is 241 g/mol. The Balaban J connectivity index is 2.64. The van der Waals surface area contributed by atoms with E-state index in [0.29, 0.717) is 17.4 Å². The van der Waals surface area contributed by atoms with Crippen LogP contribution in [0.25, 0.3) is 10.8 Å². The zero-order valence-electron chi connectivity index (χ0n) is 9.71. The molecule has 0 amide bonds. The molecule has 2 aromatic carbocycles. The minimum absolute atomic E-state index is 0.0747. The highest BCUT2D eigenvalue weighted by Gasteiger charge is 2.32. The van der Waals surface area contributed by atoms with E-state index < -0.39 is 11.7 Å². The van der Waals surface area contributed by atoms with Crippen molar-refractivity contribution in [1.82, 2.24) is 0 Å². The van der Waals surface area contributed by atoms with Crippen LogP contribution in [-0.2, 0) is 6.18 Å². The van der Waals surface area contributed by atoms with Crippen molar-refractivity contribution in [1.29, 1.82) is 0 Å². The molecule has 18 heavy (non-hydrogen) atoms. The molecule has 0 bridgehead atoms. The lowest BCUT2D eigenvalue weighted by Gasteiger charge is -2.10. The van der Waals surface area contributed by atoms with Crippen LogP contribution in [0.1, 0.15) is 29.3 Å². The van der Waals surface area contributed by atoms with Gasteiger partial charge in [0, 0.05) is 12.0 Å². The van der Waals surface area contributed by atoms with Crippen LogP contribution in [-0.4, -0.2) is 5.78 Å². The number of carbonyl (C=O) groups is 1. The normalized spacial score (nSPS) is 11.8. The highest BCUT2D eigenvalue weighted by atomic mass is 19.4. The number of ketones is 1. The maximum atomic E-state index is 12.8. The number of Topliss-reactive ketones (excluding diaryl/α,β-unsaturated/α-hetero) is 1. The number of hydrogen-bond acceptors (Lipinski definition) is 1. The average Bonchev–Trinajstić information content (AvgIpc) is 2.35. The van der Waals surface area contributed by atoms with Gasteiger partial charge in [-0.3, -0.25) is 4.79 Å². The molecular formula is C14H11F3O. The molecule has 0 unspecified atom stereocenters. The van der Waals surface area contributed by atoms with E-state index in [1.807, 2.05) is 0 Å². The summed E-state index contributed by atoms with van der Waals surface area (Å²) in [5.74, 6) is -0.0747. The van der Waals surface area contributed by atoms with Gasteiger partial charge in [0.2, 0.25) is 0 Å². The van der Waals surface area contributed by atoms with Crippen LogP contribution in [0.15, 0.2) is 36.4 Å². The molecule has 0 aliphatic heterocycles. The first-order chi connectivity index (χ1) is 8.43. The van der Waals surface area contributed by atoms with E-state index in [4.69, 9.17) is 0 Å². The van der Waals surface area contributed by atoms with E-state index in [9.17, 15) is 18.0 Å². The van der Waals surface area contributed by atoms with Gasteiger partial charge in [-0.25, -0.2) is 0 Å². The van der Waals surface area contributed by atoms with Crippen LogP contribution in [0.3, 0.4) is 0 Å². The van der Waals surface area contributed by atoms with Crippen LogP contribution in [0.5, 0.6) is 0 Å². The zero-order valence-corrected chi connectivity index (χ0v) is 9.71. The number of benzene rings is 2. The Kier molecular flexibility index (Phi) is 3.11. The fraction of sp³-hybridized carbons (Fsp3) is 0.214. The van der Waals surface area contributed by atoms with Crippen molar-refractivity contribution in [3.8, 4) is 0 Å². The number of halogens is 3. The smallest absolute Gasteiger partial charge is 0.294 e. The van der Waals surface area contributed by atoms with Gasteiger partial charge in [0.15, 0.2) is 5.78 Å². The second-order valence-electron chi connectivity index (χ2n) is 4.02. The first-order valence-electron chi connectivity index (χ1n) is 5.56. The van der Waals surface area contributed by atoms with Gasteiger partial charge in [0.25, 0.3) is 0 Å². The molecule has 2 aromatic rings. The summed E-state index contributed by atoms with van der Waals surface area (Å²) in [4.78, 5) is 11.5. The molecule has 0 atom stereocenters. The molecule has 0 saturated heterocycles. The molecule has 0 aliphatic rings. The maximum absolute atomic E-state index is 12.8. The van der Waals surface area contributed by atoms with Crippen molar-refractivity contribution in [2.24, 2.45) is 0 Å². The molecule has 4 heteroatoms. The molecule has 0 radical (unpaired) electrons. The van der Waals surface area contributed by atoms with E-state index >= 15 is 0 Å². The summed E-state index contributed by atoms with van der Waals surface area (Å²) in [5.41, 5.74) is -0.222. The third-order valence-electron chi connectivity index (χ3n) is 2.83. The van der Waals surface area contributed by atoms with Crippen LogP contribution in [0, 0.1) is 0 Å². The van der Waals surface area contributed by atoms with E-state index in [1.54, 1.807) is 13.0 Å². The Labute approximate surface area is 102 Å². The molecule has 0 aromatic heterocycles. The van der Waals surface area contributed by atoms with Crippen molar-refractivity contribution in [2.75, 3.05) is 0 Å². The van der Waals surface area contributed by atoms with Crippen LogP contribution < -0.4 is 0 Å². The second kappa shape index (κ2) is 4.44. The van der Waals surface area contributed by atoms with Crippen molar-refractivity contribution in [3.05, 3.63) is 47.5 Å². The summed E-state index contributed by atoms with van der Waals surface area (Å²) in [7, 11) is 0. The molecule has 0 N–H and O–H groups in total. The number of alkyl halides is 3. The molecule has 0 heterocycles. The van der Waals surface area contributed by atoms with E-state index in [0.717, 1.165) is 6.07 Å². The third kappa shape index (κ3) is 2.23. The Morgan fingerprint density at radius 1 is 1.17 bits per heavy atom. The van der Waals surface area contributed by atoms with Crippen LogP contribution in [0.2, 0.25) is 0 Å². The van der Waals surface area contributed by atoms with E-state index in [-0.39, 0.29) is 11.2 Å². The fourth-order valence-electron chi connectivity index (χ4n) is 1.91. The summed E-state index contributed by atoms with van der Waals surface area (Å²) in [6, 6.07) is 8.30. The highest BCUT2D eigenvalue weighted by molar-refractivity contribution is 6.00. The lowest BCUT2D eigenvalue weighted by molar-refractivity contribution is -0.136. The molecule has 2 rings (SSSR count). The lowest BCUT2D eigenvalue weighted by Crippen LogP contribution is -2.06. The van der Waals surface area contributed by atoms with Gasteiger partial charge in [-0.05, 0) is 22.9 Å². The standard InChI is InChI=1S/C14H11F3O/c1-2-13(18)10-6-7-11-9(8-10)4-3-5-12(11)14(15,16)17/h3-8H,2H2,1H3. The monoisotopic (exact) mass is 252 g/mol. The minimum atomic E-state index is -4.38. The largest absolute Gasteiger partial charge is 0.417 e. The first-order valence-corrected chi connectivity index (χ1v) is 5.56. The van der Waals surface area contributed by atoms with Gasteiger partial charge in [-0.2, -0.15) is 13.2 Å². The van der Waals surface area contributed by atoms with Gasteiger partial charge in [0.05, 0.1) is 5.56 Å². The van der Waals surface area contributed by atoms with Gasteiger partial charge in [-0.15, -0.1) is 0 Å². The third-order valence-corrected chi connectivity index (χ3v) is 2.83. The minimum Gasteiger partial charge on any atom is -0.294 e. The molecule has 1 nitrogen and oxygen atoms in total. The zero-order chi connectivity index (χ0) is 13.3.